The zero-order chi connectivity index (χ0) is 7.56. The molecule has 0 radical (unpaired) electrons. The fraction of sp³-hybridized carbons (Fsp3) is 0.333. The summed E-state index contributed by atoms with van der Waals surface area (Å²) < 4.78 is 1.68. The van der Waals surface area contributed by atoms with Crippen molar-refractivity contribution in [3.63, 3.8) is 0 Å². The van der Waals surface area contributed by atoms with Crippen molar-refractivity contribution in [1.29, 1.82) is 5.26 Å². The van der Waals surface area contributed by atoms with E-state index in [1.807, 2.05) is 0 Å². The first-order chi connectivity index (χ1) is 4.74. The van der Waals surface area contributed by atoms with Crippen molar-refractivity contribution in [1.82, 2.24) is 9.55 Å². The average Bonchev–Trinajstić information content (AvgIpc) is 2.34. The van der Waals surface area contributed by atoms with Crippen LogP contribution in [-0.4, -0.2) is 14.7 Å². The molecule has 0 spiro atoms. The summed E-state index contributed by atoms with van der Waals surface area (Å²) in [4.78, 5) is 3.78. The van der Waals surface area contributed by atoms with Crippen molar-refractivity contribution < 1.29 is 5.11 Å². The van der Waals surface area contributed by atoms with Crippen LogP contribution in [0.3, 0.4) is 0 Å². The van der Waals surface area contributed by atoms with Crippen molar-refractivity contribution in [3.8, 4) is 6.07 Å². The number of nitriles is 1. The lowest BCUT2D eigenvalue weighted by Crippen LogP contribution is -1.92. The van der Waals surface area contributed by atoms with Crippen LogP contribution in [0, 0.1) is 11.3 Å². The zero-order valence-corrected chi connectivity index (χ0v) is 5.52. The first kappa shape index (κ1) is 6.78. The molecule has 0 amide bonds. The molecule has 0 saturated heterocycles. The molecule has 0 aliphatic carbocycles. The number of nitrogens with zero attached hydrogens (tertiary/aromatic N) is 3. The Morgan fingerprint density at radius 1 is 1.90 bits per heavy atom. The highest BCUT2D eigenvalue weighted by molar-refractivity contribution is 5.08. The number of hydrogen-bond acceptors (Lipinski definition) is 3. The highest BCUT2D eigenvalue weighted by Crippen LogP contribution is 2.06. The molecule has 4 heteroatoms. The van der Waals surface area contributed by atoms with Crippen LogP contribution in [0.2, 0.25) is 0 Å². The Bertz CT molecular complexity index is 260. The van der Waals surface area contributed by atoms with E-state index in [1.165, 1.54) is 6.33 Å². The summed E-state index contributed by atoms with van der Waals surface area (Å²) >= 11 is 0. The predicted molar refractivity (Wildman–Crippen MR) is 33.8 cm³/mol. The molecule has 1 unspecified atom stereocenters. The van der Waals surface area contributed by atoms with Crippen LogP contribution < -0.4 is 0 Å². The van der Waals surface area contributed by atoms with E-state index in [-0.39, 0.29) is 0 Å². The Balaban J connectivity index is 2.87. The normalized spacial score (nSPS) is 12.5. The van der Waals surface area contributed by atoms with Gasteiger partial charge in [-0.3, -0.25) is 0 Å². The summed E-state index contributed by atoms with van der Waals surface area (Å²) in [5.74, 6) is 0. The van der Waals surface area contributed by atoms with Gasteiger partial charge in [-0.15, -0.1) is 0 Å². The number of aryl methyl sites for hydroxylation is 1. The fourth-order valence-corrected chi connectivity index (χ4v) is 0.640. The smallest absolute Gasteiger partial charge is 0.184 e. The second-order valence-electron chi connectivity index (χ2n) is 2.00. The Morgan fingerprint density at radius 3 is 3.00 bits per heavy atom. The van der Waals surface area contributed by atoms with Gasteiger partial charge in [0.1, 0.15) is 11.8 Å². The van der Waals surface area contributed by atoms with Gasteiger partial charge in [-0.25, -0.2) is 4.98 Å². The number of hydrogen-bond donors (Lipinski definition) is 1. The molecule has 1 aromatic rings. The van der Waals surface area contributed by atoms with E-state index in [1.54, 1.807) is 23.9 Å². The van der Waals surface area contributed by atoms with E-state index in [2.05, 4.69) is 4.98 Å². The molecular weight excluding hydrogens is 130 g/mol. The van der Waals surface area contributed by atoms with Gasteiger partial charge in [-0.1, -0.05) is 0 Å². The molecule has 1 rings (SSSR count). The highest BCUT2D eigenvalue weighted by Gasteiger charge is 2.06. The molecule has 1 atom stereocenters. The Morgan fingerprint density at radius 2 is 2.60 bits per heavy atom. The standard InChI is InChI=1S/C6H7N3O/c1-9-3-5(8-4-9)6(10)2-7/h3-4,6,10H,1H3. The van der Waals surface area contributed by atoms with Crippen LogP contribution >= 0.6 is 0 Å². The lowest BCUT2D eigenvalue weighted by Gasteiger charge is -1.91. The minimum absolute atomic E-state index is 0.394. The van der Waals surface area contributed by atoms with Crippen LogP contribution in [-0.2, 0) is 7.05 Å². The van der Waals surface area contributed by atoms with E-state index in [9.17, 15) is 0 Å². The maximum absolute atomic E-state index is 8.91. The summed E-state index contributed by atoms with van der Waals surface area (Å²) in [5, 5.41) is 17.2. The van der Waals surface area contributed by atoms with Gasteiger partial charge in [-0.2, -0.15) is 5.26 Å². The molecule has 0 aliphatic rings. The van der Waals surface area contributed by atoms with Crippen molar-refractivity contribution in [3.05, 3.63) is 18.2 Å². The number of aliphatic hydroxyl groups is 1. The third-order valence-electron chi connectivity index (χ3n) is 1.13. The summed E-state index contributed by atoms with van der Waals surface area (Å²) in [5.41, 5.74) is 0.394. The van der Waals surface area contributed by atoms with Crippen molar-refractivity contribution in [2.24, 2.45) is 7.05 Å². The molecule has 10 heavy (non-hydrogen) atoms. The Hall–Kier alpha value is -1.34. The average molecular weight is 137 g/mol. The third-order valence-corrected chi connectivity index (χ3v) is 1.13. The Labute approximate surface area is 58.4 Å². The molecule has 0 aromatic carbocycles. The van der Waals surface area contributed by atoms with Gasteiger partial charge < -0.3 is 9.67 Å². The van der Waals surface area contributed by atoms with Crippen LogP contribution in [0.25, 0.3) is 0 Å². The van der Waals surface area contributed by atoms with Crippen molar-refractivity contribution in [2.45, 2.75) is 6.10 Å². The van der Waals surface area contributed by atoms with Crippen LogP contribution in [0.4, 0.5) is 0 Å². The summed E-state index contributed by atoms with van der Waals surface area (Å²) in [6.45, 7) is 0. The van der Waals surface area contributed by atoms with Crippen LogP contribution in [0.1, 0.15) is 11.8 Å². The van der Waals surface area contributed by atoms with Gasteiger partial charge in [0, 0.05) is 13.2 Å². The van der Waals surface area contributed by atoms with Gasteiger partial charge in [0.2, 0.25) is 0 Å². The van der Waals surface area contributed by atoms with Crippen molar-refractivity contribution in [2.75, 3.05) is 0 Å². The minimum atomic E-state index is -1.10. The number of aliphatic hydroxyl groups excluding tert-OH is 1. The summed E-state index contributed by atoms with van der Waals surface area (Å²) in [7, 11) is 1.78. The summed E-state index contributed by atoms with van der Waals surface area (Å²) in [6, 6.07) is 1.67. The zero-order valence-electron chi connectivity index (χ0n) is 5.52. The van der Waals surface area contributed by atoms with Crippen LogP contribution in [0.5, 0.6) is 0 Å². The lowest BCUT2D eigenvalue weighted by molar-refractivity contribution is 0.231. The van der Waals surface area contributed by atoms with E-state index >= 15 is 0 Å². The molecule has 0 saturated carbocycles. The van der Waals surface area contributed by atoms with Gasteiger partial charge in [0.05, 0.1) is 6.33 Å². The molecule has 1 aromatic heterocycles. The molecule has 4 nitrogen and oxygen atoms in total. The summed E-state index contributed by atoms with van der Waals surface area (Å²) in [6.07, 6.45) is 2.05. The second-order valence-corrected chi connectivity index (χ2v) is 2.00. The van der Waals surface area contributed by atoms with Crippen molar-refractivity contribution >= 4 is 0 Å². The predicted octanol–water partition coefficient (Wildman–Crippen LogP) is -0.0229. The molecule has 1 N–H and O–H groups in total. The van der Waals surface area contributed by atoms with Gasteiger partial charge in [-0.05, 0) is 0 Å². The maximum Gasteiger partial charge on any atom is 0.184 e. The van der Waals surface area contributed by atoms with Gasteiger partial charge >= 0.3 is 0 Å². The van der Waals surface area contributed by atoms with Crippen LogP contribution in [0.15, 0.2) is 12.5 Å². The first-order valence-corrected chi connectivity index (χ1v) is 2.79. The molecule has 52 valence electrons. The SMILES string of the molecule is Cn1cnc(C(O)C#N)c1. The maximum atomic E-state index is 8.91. The molecule has 0 bridgehead atoms. The van der Waals surface area contributed by atoms with Gasteiger partial charge in [0.15, 0.2) is 6.10 Å². The quantitative estimate of drug-likeness (QED) is 0.553. The number of rotatable bonds is 1. The molecular formula is C6H7N3O. The molecule has 1 heterocycles. The van der Waals surface area contributed by atoms with Gasteiger partial charge in [0.25, 0.3) is 0 Å². The minimum Gasteiger partial charge on any atom is -0.373 e. The Kier molecular flexibility index (Phi) is 1.69. The van der Waals surface area contributed by atoms with E-state index in [0.717, 1.165) is 0 Å². The fourth-order valence-electron chi connectivity index (χ4n) is 0.640. The largest absolute Gasteiger partial charge is 0.373 e. The first-order valence-electron chi connectivity index (χ1n) is 2.79. The topological polar surface area (TPSA) is 61.8 Å². The van der Waals surface area contributed by atoms with E-state index in [4.69, 9.17) is 10.4 Å². The second kappa shape index (κ2) is 2.50. The van der Waals surface area contributed by atoms with E-state index in [0.29, 0.717) is 5.69 Å². The third kappa shape index (κ3) is 1.14. The van der Waals surface area contributed by atoms with E-state index < -0.39 is 6.10 Å². The molecule has 0 fully saturated rings. The lowest BCUT2D eigenvalue weighted by atomic mass is 10.3. The molecule has 0 aliphatic heterocycles. The number of aromatic nitrogens is 2. The monoisotopic (exact) mass is 137 g/mol. The number of imidazole rings is 1. The highest BCUT2D eigenvalue weighted by atomic mass is 16.3.